The van der Waals surface area contributed by atoms with Gasteiger partial charge in [-0.3, -0.25) is 9.59 Å². The van der Waals surface area contributed by atoms with Gasteiger partial charge in [-0.2, -0.15) is 0 Å². The van der Waals surface area contributed by atoms with Crippen molar-refractivity contribution in [1.29, 1.82) is 0 Å². The number of benzene rings is 1. The van der Waals surface area contributed by atoms with Gasteiger partial charge in [0.2, 0.25) is 11.8 Å². The Kier molecular flexibility index (Phi) is 6.86. The summed E-state index contributed by atoms with van der Waals surface area (Å²) in [6, 6.07) is 6.77. The van der Waals surface area contributed by atoms with Crippen LogP contribution in [0.5, 0.6) is 0 Å². The van der Waals surface area contributed by atoms with Crippen LogP contribution in [0.1, 0.15) is 51.4 Å². The minimum atomic E-state index is -0.409. The maximum Gasteiger partial charge on any atom is 0.242 e. The highest BCUT2D eigenvalue weighted by Crippen LogP contribution is 2.45. The molecule has 0 radical (unpaired) electrons. The fourth-order valence-corrected chi connectivity index (χ4v) is 5.51. The molecule has 0 N–H and O–H groups in total. The molecule has 2 aromatic rings. The molecule has 2 aliphatic rings. The second-order valence-electron chi connectivity index (χ2n) is 10.0. The molecular weight excluding hydrogens is 419 g/mol. The number of aryl methyl sites for hydroxylation is 1. The number of nitrogens with zero attached hydrogens (tertiary/aromatic N) is 4. The van der Waals surface area contributed by atoms with E-state index >= 15 is 0 Å². The summed E-state index contributed by atoms with van der Waals surface area (Å²) in [4.78, 5) is 34.8. The first-order valence-electron chi connectivity index (χ1n) is 12.1. The number of amides is 2. The quantitative estimate of drug-likeness (QED) is 0.641. The molecule has 2 aliphatic heterocycles. The van der Waals surface area contributed by atoms with Crippen LogP contribution >= 0.6 is 0 Å². The van der Waals surface area contributed by atoms with Gasteiger partial charge in [-0.15, -0.1) is 0 Å². The molecule has 0 saturated carbocycles. The zero-order valence-corrected chi connectivity index (χ0v) is 20.0. The van der Waals surface area contributed by atoms with Crippen molar-refractivity contribution in [2.45, 2.75) is 65.5 Å². The lowest BCUT2D eigenvalue weighted by atomic mass is 9.75. The van der Waals surface area contributed by atoms with Gasteiger partial charge >= 0.3 is 0 Å². The number of likely N-dealkylation sites (tertiary alicyclic amines) is 2. The third kappa shape index (κ3) is 4.97. The summed E-state index contributed by atoms with van der Waals surface area (Å²) in [7, 11) is 0. The van der Waals surface area contributed by atoms with Gasteiger partial charge in [-0.1, -0.05) is 32.9 Å². The molecule has 7 heteroatoms. The standard InChI is InChI=1S/C26H35FN4O2/c1-4-23-28-10-13-30(23)18-24(32)29-11-8-26(9-12-29)16-22(31(25(26)33)17-19(2)3)15-20-6-5-7-21(27)14-20/h5-7,10,13-14,19,22H,4,8-9,11-12,15-18H2,1-3H3/t22-/m1/s1. The zero-order valence-electron chi connectivity index (χ0n) is 20.0. The van der Waals surface area contributed by atoms with Crippen molar-refractivity contribution in [3.05, 3.63) is 53.9 Å². The zero-order chi connectivity index (χ0) is 23.6. The Morgan fingerprint density at radius 2 is 2.03 bits per heavy atom. The number of piperidine rings is 1. The second-order valence-corrected chi connectivity index (χ2v) is 10.0. The molecule has 1 aromatic carbocycles. The molecule has 178 valence electrons. The smallest absolute Gasteiger partial charge is 0.242 e. The number of imidazole rings is 1. The van der Waals surface area contributed by atoms with Gasteiger partial charge in [0.05, 0.1) is 5.41 Å². The molecule has 2 amide bonds. The molecule has 0 bridgehead atoms. The lowest BCUT2D eigenvalue weighted by Crippen LogP contribution is -2.47. The number of aromatic nitrogens is 2. The summed E-state index contributed by atoms with van der Waals surface area (Å²) < 4.78 is 15.7. The highest BCUT2D eigenvalue weighted by Gasteiger charge is 2.52. The van der Waals surface area contributed by atoms with Crippen LogP contribution < -0.4 is 0 Å². The van der Waals surface area contributed by atoms with Crippen molar-refractivity contribution in [3.8, 4) is 0 Å². The number of carbonyl (C=O) groups excluding carboxylic acids is 2. The van der Waals surface area contributed by atoms with E-state index in [1.807, 2.05) is 33.6 Å². The molecule has 2 saturated heterocycles. The van der Waals surface area contributed by atoms with Crippen LogP contribution in [0.2, 0.25) is 0 Å². The second kappa shape index (κ2) is 9.65. The maximum atomic E-state index is 13.8. The summed E-state index contributed by atoms with van der Waals surface area (Å²) in [5, 5.41) is 0. The largest absolute Gasteiger partial charge is 0.341 e. The van der Waals surface area contributed by atoms with Gasteiger partial charge in [0.15, 0.2) is 0 Å². The number of hydrogen-bond donors (Lipinski definition) is 0. The van der Waals surface area contributed by atoms with Crippen molar-refractivity contribution < 1.29 is 14.0 Å². The number of halogens is 1. The van der Waals surface area contributed by atoms with E-state index in [9.17, 15) is 14.0 Å². The van der Waals surface area contributed by atoms with Crippen LogP contribution in [0.15, 0.2) is 36.7 Å². The topological polar surface area (TPSA) is 58.4 Å². The van der Waals surface area contributed by atoms with Gasteiger partial charge in [-0.05, 0) is 49.3 Å². The normalized spacial score (nSPS) is 20.3. The molecule has 6 nitrogen and oxygen atoms in total. The predicted molar refractivity (Wildman–Crippen MR) is 125 cm³/mol. The Balaban J connectivity index is 1.44. The van der Waals surface area contributed by atoms with Gasteiger partial charge in [0.1, 0.15) is 18.2 Å². The van der Waals surface area contributed by atoms with Crippen molar-refractivity contribution in [2.24, 2.45) is 11.3 Å². The average molecular weight is 455 g/mol. The first-order valence-corrected chi connectivity index (χ1v) is 12.1. The molecule has 1 spiro atoms. The molecule has 0 aliphatic carbocycles. The molecule has 1 aromatic heterocycles. The summed E-state index contributed by atoms with van der Waals surface area (Å²) in [6.45, 7) is 8.49. The van der Waals surface area contributed by atoms with Crippen molar-refractivity contribution >= 4 is 11.8 Å². The summed E-state index contributed by atoms with van der Waals surface area (Å²) in [5.41, 5.74) is 0.519. The first-order chi connectivity index (χ1) is 15.8. The van der Waals surface area contributed by atoms with E-state index in [0.29, 0.717) is 51.4 Å². The molecule has 4 rings (SSSR count). The lowest BCUT2D eigenvalue weighted by molar-refractivity contribution is -0.143. The number of rotatable bonds is 7. The third-order valence-electron chi connectivity index (χ3n) is 7.20. The Morgan fingerprint density at radius 3 is 2.70 bits per heavy atom. The van der Waals surface area contributed by atoms with Crippen LogP contribution in [0, 0.1) is 17.2 Å². The number of hydrogen-bond acceptors (Lipinski definition) is 3. The molecule has 0 unspecified atom stereocenters. The fraction of sp³-hybridized carbons (Fsp3) is 0.577. The van der Waals surface area contributed by atoms with Gasteiger partial charge in [0, 0.05) is 44.5 Å². The van der Waals surface area contributed by atoms with E-state index in [1.54, 1.807) is 18.3 Å². The van der Waals surface area contributed by atoms with E-state index in [0.717, 1.165) is 24.2 Å². The molecule has 3 heterocycles. The SMILES string of the molecule is CCc1nccn1CC(=O)N1CCC2(CC1)C[C@@H](Cc1cccc(F)c1)N(CC(C)C)C2=O. The van der Waals surface area contributed by atoms with Gasteiger partial charge in [0.25, 0.3) is 0 Å². The van der Waals surface area contributed by atoms with E-state index in [4.69, 9.17) is 0 Å². The molecular formula is C26H35FN4O2. The van der Waals surface area contributed by atoms with E-state index in [2.05, 4.69) is 18.8 Å². The Hall–Kier alpha value is -2.70. The van der Waals surface area contributed by atoms with E-state index < -0.39 is 5.41 Å². The van der Waals surface area contributed by atoms with Crippen molar-refractivity contribution in [1.82, 2.24) is 19.4 Å². The Bertz CT molecular complexity index is 994. The van der Waals surface area contributed by atoms with Crippen LogP contribution in [0.4, 0.5) is 4.39 Å². The summed E-state index contributed by atoms with van der Waals surface area (Å²) in [5.74, 6) is 1.33. The van der Waals surface area contributed by atoms with Crippen LogP contribution in [-0.4, -0.2) is 56.8 Å². The predicted octanol–water partition coefficient (Wildman–Crippen LogP) is 3.69. The molecule has 2 fully saturated rings. The Morgan fingerprint density at radius 1 is 1.27 bits per heavy atom. The third-order valence-corrected chi connectivity index (χ3v) is 7.20. The highest BCUT2D eigenvalue weighted by molar-refractivity contribution is 5.86. The lowest BCUT2D eigenvalue weighted by Gasteiger charge is -2.38. The van der Waals surface area contributed by atoms with Gasteiger partial charge < -0.3 is 14.4 Å². The van der Waals surface area contributed by atoms with Gasteiger partial charge in [-0.25, -0.2) is 9.37 Å². The van der Waals surface area contributed by atoms with Crippen molar-refractivity contribution in [3.63, 3.8) is 0 Å². The van der Waals surface area contributed by atoms with E-state index in [-0.39, 0.29) is 23.7 Å². The highest BCUT2D eigenvalue weighted by atomic mass is 19.1. The van der Waals surface area contributed by atoms with Crippen LogP contribution in [0.3, 0.4) is 0 Å². The molecule has 1 atom stereocenters. The van der Waals surface area contributed by atoms with Crippen molar-refractivity contribution in [2.75, 3.05) is 19.6 Å². The van der Waals surface area contributed by atoms with E-state index in [1.165, 1.54) is 6.07 Å². The number of carbonyl (C=O) groups is 2. The Labute approximate surface area is 195 Å². The summed E-state index contributed by atoms with van der Waals surface area (Å²) in [6.07, 6.45) is 7.20. The minimum absolute atomic E-state index is 0.0713. The monoisotopic (exact) mass is 454 g/mol. The van der Waals surface area contributed by atoms with Crippen LogP contribution in [0.25, 0.3) is 0 Å². The average Bonchev–Trinajstić information content (AvgIpc) is 3.32. The first kappa shape index (κ1) is 23.5. The fourth-order valence-electron chi connectivity index (χ4n) is 5.51. The maximum absolute atomic E-state index is 13.8. The van der Waals surface area contributed by atoms with Crippen LogP contribution in [-0.2, 0) is 29.0 Å². The minimum Gasteiger partial charge on any atom is -0.341 e. The summed E-state index contributed by atoms with van der Waals surface area (Å²) >= 11 is 0. The molecule has 33 heavy (non-hydrogen) atoms.